The second-order valence-electron chi connectivity index (χ2n) is 6.96. The normalized spacial score (nSPS) is 18.2. The van der Waals surface area contributed by atoms with Crippen LogP contribution in [-0.2, 0) is 22.6 Å². The van der Waals surface area contributed by atoms with Crippen molar-refractivity contribution in [3.05, 3.63) is 28.8 Å². The Balaban J connectivity index is 1.35. The fourth-order valence-electron chi connectivity index (χ4n) is 3.64. The zero-order valence-electron chi connectivity index (χ0n) is 16.1. The Morgan fingerprint density at radius 2 is 2.14 bits per heavy atom. The van der Waals surface area contributed by atoms with E-state index in [2.05, 4.69) is 15.5 Å². The molecule has 1 fully saturated rings. The number of carbonyl (C=O) groups is 2. The molecule has 1 saturated heterocycles. The number of hydrogen-bond donors (Lipinski definition) is 2. The molecular weight excluding hydrogens is 394 g/mol. The Morgan fingerprint density at radius 3 is 2.93 bits per heavy atom. The van der Waals surface area contributed by atoms with Crippen molar-refractivity contribution in [3.63, 3.8) is 0 Å². The summed E-state index contributed by atoms with van der Waals surface area (Å²) in [7, 11) is 0. The lowest BCUT2D eigenvalue weighted by molar-refractivity contribution is -0.126. The highest BCUT2D eigenvalue weighted by molar-refractivity contribution is 7.71. The highest BCUT2D eigenvalue weighted by Gasteiger charge is 2.35. The molecule has 0 aliphatic carbocycles. The number of aromatic nitrogens is 3. The number of hydrogen-bond acceptors (Lipinski definition) is 6. The number of ether oxygens (including phenoxy) is 2. The van der Waals surface area contributed by atoms with Crippen molar-refractivity contribution >= 4 is 29.7 Å². The molecule has 1 aromatic carbocycles. The molecule has 29 heavy (non-hydrogen) atoms. The van der Waals surface area contributed by atoms with E-state index in [4.69, 9.17) is 21.7 Å². The minimum atomic E-state index is -0.386. The van der Waals surface area contributed by atoms with E-state index in [1.54, 1.807) is 17.0 Å². The fraction of sp³-hybridized carbons (Fsp3) is 0.474. The van der Waals surface area contributed by atoms with E-state index in [0.717, 1.165) is 12.4 Å². The Hall–Kier alpha value is -2.88. The van der Waals surface area contributed by atoms with Gasteiger partial charge in [-0.3, -0.25) is 14.7 Å². The lowest BCUT2D eigenvalue weighted by Gasteiger charge is -2.22. The van der Waals surface area contributed by atoms with E-state index in [-0.39, 0.29) is 24.2 Å². The number of amides is 2. The summed E-state index contributed by atoms with van der Waals surface area (Å²) < 4.78 is 13.6. The van der Waals surface area contributed by atoms with Crippen molar-refractivity contribution in [2.45, 2.75) is 26.3 Å². The average molecular weight is 417 g/mol. The van der Waals surface area contributed by atoms with Gasteiger partial charge in [0.2, 0.25) is 11.8 Å². The number of fused-ring (bicyclic) bond motifs is 1. The van der Waals surface area contributed by atoms with Gasteiger partial charge in [0.15, 0.2) is 16.3 Å². The number of H-pyrrole nitrogens is 1. The van der Waals surface area contributed by atoms with Crippen molar-refractivity contribution in [2.24, 2.45) is 5.92 Å². The molecule has 1 unspecified atom stereocenters. The quantitative estimate of drug-likeness (QED) is 0.690. The summed E-state index contributed by atoms with van der Waals surface area (Å²) in [6, 6.07) is 5.41. The molecule has 0 radical (unpaired) electrons. The summed E-state index contributed by atoms with van der Waals surface area (Å²) in [6.07, 6.45) is 0.757. The van der Waals surface area contributed by atoms with Crippen LogP contribution >= 0.6 is 12.2 Å². The lowest BCUT2D eigenvalue weighted by Crippen LogP contribution is -2.34. The van der Waals surface area contributed by atoms with E-state index in [1.165, 1.54) is 0 Å². The van der Waals surface area contributed by atoms with Gasteiger partial charge < -0.3 is 24.3 Å². The summed E-state index contributed by atoms with van der Waals surface area (Å²) >= 11 is 5.17. The Labute approximate surface area is 173 Å². The van der Waals surface area contributed by atoms with Gasteiger partial charge in [0, 0.05) is 44.2 Å². The third-order valence-corrected chi connectivity index (χ3v) is 5.45. The Bertz CT molecular complexity index is 985. The van der Waals surface area contributed by atoms with Crippen LogP contribution in [0.4, 0.5) is 5.69 Å². The summed E-state index contributed by atoms with van der Waals surface area (Å²) in [5, 5.41) is 9.87. The standard InChI is InChI=1S/C19H23N5O4S/c1-2-23-16(21-22-19(23)29)5-6-20-18(26)12-9-17(25)24(11-12)13-3-4-14-15(10-13)28-8-7-27-14/h3-4,10,12H,2,5-9,11H2,1H3,(H,20,26)(H,22,29). The molecule has 1 aromatic heterocycles. The second-order valence-corrected chi connectivity index (χ2v) is 7.35. The molecule has 10 heteroatoms. The number of nitrogens with zero attached hydrogens (tertiary/aromatic N) is 3. The molecule has 1 atom stereocenters. The van der Waals surface area contributed by atoms with E-state index in [1.807, 2.05) is 17.6 Å². The molecule has 4 rings (SSSR count). The predicted molar refractivity (Wildman–Crippen MR) is 108 cm³/mol. The van der Waals surface area contributed by atoms with Crippen molar-refractivity contribution < 1.29 is 19.1 Å². The third-order valence-electron chi connectivity index (χ3n) is 5.13. The summed E-state index contributed by atoms with van der Waals surface area (Å²) in [5.74, 6) is 1.51. The SMILES string of the molecule is CCn1c(CCNC(=O)C2CC(=O)N(c3ccc4c(c3)OCCO4)C2)n[nH]c1=S. The summed E-state index contributed by atoms with van der Waals surface area (Å²) in [4.78, 5) is 26.7. The van der Waals surface area contributed by atoms with E-state index >= 15 is 0 Å². The monoisotopic (exact) mass is 417 g/mol. The van der Waals surface area contributed by atoms with Crippen molar-refractivity contribution in [1.82, 2.24) is 20.1 Å². The van der Waals surface area contributed by atoms with Crippen LogP contribution in [0.25, 0.3) is 0 Å². The largest absolute Gasteiger partial charge is 0.486 e. The maximum atomic E-state index is 12.6. The first-order valence-corrected chi connectivity index (χ1v) is 10.1. The number of aromatic amines is 1. The maximum Gasteiger partial charge on any atom is 0.227 e. The minimum Gasteiger partial charge on any atom is -0.486 e. The molecule has 2 amide bonds. The van der Waals surface area contributed by atoms with Gasteiger partial charge in [-0.25, -0.2) is 0 Å². The first-order valence-electron chi connectivity index (χ1n) is 9.68. The van der Waals surface area contributed by atoms with Crippen LogP contribution in [0.5, 0.6) is 11.5 Å². The number of benzene rings is 1. The lowest BCUT2D eigenvalue weighted by atomic mass is 10.1. The van der Waals surface area contributed by atoms with E-state index < -0.39 is 0 Å². The fourth-order valence-corrected chi connectivity index (χ4v) is 3.92. The van der Waals surface area contributed by atoms with Crippen LogP contribution in [0.3, 0.4) is 0 Å². The molecule has 154 valence electrons. The third kappa shape index (κ3) is 3.98. The van der Waals surface area contributed by atoms with Gasteiger partial charge in [-0.2, -0.15) is 5.10 Å². The molecule has 3 heterocycles. The number of rotatable bonds is 6. The minimum absolute atomic E-state index is 0.0753. The maximum absolute atomic E-state index is 12.6. The molecule has 2 aromatic rings. The van der Waals surface area contributed by atoms with Crippen LogP contribution < -0.4 is 19.7 Å². The second kappa shape index (κ2) is 8.24. The highest BCUT2D eigenvalue weighted by atomic mass is 32.1. The van der Waals surface area contributed by atoms with Gasteiger partial charge in [-0.05, 0) is 31.3 Å². The van der Waals surface area contributed by atoms with Gasteiger partial charge in [-0.1, -0.05) is 0 Å². The predicted octanol–water partition coefficient (Wildman–Crippen LogP) is 1.44. The van der Waals surface area contributed by atoms with Gasteiger partial charge in [0.25, 0.3) is 0 Å². The van der Waals surface area contributed by atoms with Gasteiger partial charge in [0.05, 0.1) is 5.92 Å². The van der Waals surface area contributed by atoms with E-state index in [0.29, 0.717) is 54.7 Å². The van der Waals surface area contributed by atoms with Gasteiger partial charge >= 0.3 is 0 Å². The van der Waals surface area contributed by atoms with Crippen LogP contribution in [0.2, 0.25) is 0 Å². The van der Waals surface area contributed by atoms with Crippen LogP contribution in [0.15, 0.2) is 18.2 Å². The number of carbonyl (C=O) groups excluding carboxylic acids is 2. The zero-order chi connectivity index (χ0) is 20.4. The molecule has 9 nitrogen and oxygen atoms in total. The molecule has 0 saturated carbocycles. The van der Waals surface area contributed by atoms with Crippen LogP contribution in [0, 0.1) is 10.7 Å². The van der Waals surface area contributed by atoms with Crippen LogP contribution in [-0.4, -0.2) is 52.9 Å². The number of nitrogens with one attached hydrogen (secondary N) is 2. The zero-order valence-corrected chi connectivity index (χ0v) is 17.0. The smallest absolute Gasteiger partial charge is 0.227 e. The van der Waals surface area contributed by atoms with Gasteiger partial charge in [0.1, 0.15) is 19.0 Å². The molecule has 0 bridgehead atoms. The molecule has 2 aliphatic heterocycles. The number of anilines is 1. The highest BCUT2D eigenvalue weighted by Crippen LogP contribution is 2.35. The Morgan fingerprint density at radius 1 is 1.34 bits per heavy atom. The van der Waals surface area contributed by atoms with Crippen molar-refractivity contribution in [1.29, 1.82) is 0 Å². The molecular formula is C19H23N5O4S. The first-order chi connectivity index (χ1) is 14.1. The molecule has 2 aliphatic rings. The topological polar surface area (TPSA) is 101 Å². The van der Waals surface area contributed by atoms with Crippen LogP contribution in [0.1, 0.15) is 19.2 Å². The Kier molecular flexibility index (Phi) is 5.52. The summed E-state index contributed by atoms with van der Waals surface area (Å²) in [6.45, 7) is 4.49. The van der Waals surface area contributed by atoms with E-state index in [9.17, 15) is 9.59 Å². The molecule has 2 N–H and O–H groups in total. The van der Waals surface area contributed by atoms with Gasteiger partial charge in [-0.15, -0.1) is 0 Å². The van der Waals surface area contributed by atoms with Crippen molar-refractivity contribution in [3.8, 4) is 11.5 Å². The summed E-state index contributed by atoms with van der Waals surface area (Å²) in [5.41, 5.74) is 0.716. The van der Waals surface area contributed by atoms with Crippen molar-refractivity contribution in [2.75, 3.05) is 31.2 Å². The molecule has 0 spiro atoms. The average Bonchev–Trinajstić information content (AvgIpc) is 3.29. The first kappa shape index (κ1) is 19.4.